The van der Waals surface area contributed by atoms with E-state index in [4.69, 9.17) is 9.29 Å². The third kappa shape index (κ3) is 4.16. The van der Waals surface area contributed by atoms with Crippen LogP contribution in [0.2, 0.25) is 0 Å². The Bertz CT molecular complexity index is 422. The fraction of sp³-hybridized carbons (Fsp3) is 0.364. The van der Waals surface area contributed by atoms with Crippen LogP contribution in [0.1, 0.15) is 11.1 Å². The summed E-state index contributed by atoms with van der Waals surface area (Å²) in [5.74, 6) is 0.747. The van der Waals surface area contributed by atoms with Crippen LogP contribution in [0.3, 0.4) is 0 Å². The molecule has 0 heterocycles. The van der Waals surface area contributed by atoms with Crippen molar-refractivity contribution in [1.29, 1.82) is 0 Å². The highest BCUT2D eigenvalue weighted by molar-refractivity contribution is 7.79. The molecule has 1 aromatic carbocycles. The van der Waals surface area contributed by atoms with E-state index in [0.29, 0.717) is 11.3 Å². The average Bonchev–Trinajstić information content (AvgIpc) is 2.26. The second-order valence-corrected chi connectivity index (χ2v) is 4.49. The van der Waals surface area contributed by atoms with Gasteiger partial charge in [0.15, 0.2) is 11.1 Å². The minimum absolute atomic E-state index is 0.0794. The summed E-state index contributed by atoms with van der Waals surface area (Å²) in [6, 6.07) is 3.28. The monoisotopic (exact) mass is 257 g/mol. The highest BCUT2D eigenvalue weighted by Gasteiger charge is 2.05. The van der Waals surface area contributed by atoms with Crippen LogP contribution in [0.5, 0.6) is 11.5 Å². The van der Waals surface area contributed by atoms with E-state index in [1.54, 1.807) is 6.07 Å². The predicted molar refractivity (Wildman–Crippen MR) is 67.5 cm³/mol. The summed E-state index contributed by atoms with van der Waals surface area (Å²) in [5.41, 5.74) is 1.42. The Hall–Kier alpha value is -1.40. The number of aryl methyl sites for hydroxylation is 1. The number of benzene rings is 1. The molecule has 0 aliphatic rings. The molecule has 1 unspecified atom stereocenters. The fourth-order valence-electron chi connectivity index (χ4n) is 1.32. The van der Waals surface area contributed by atoms with Crippen LogP contribution >= 0.6 is 0 Å². The van der Waals surface area contributed by atoms with Crippen molar-refractivity contribution in [1.82, 2.24) is 0 Å². The summed E-state index contributed by atoms with van der Waals surface area (Å²) in [4.78, 5) is 3.98. The van der Waals surface area contributed by atoms with Crippen molar-refractivity contribution < 1.29 is 18.6 Å². The molecule has 2 N–H and O–H groups in total. The molecule has 0 radical (unpaired) electrons. The Morgan fingerprint density at radius 2 is 2.24 bits per heavy atom. The number of aliphatic imine (C=N–C) groups is 1. The molecular formula is C11H15NO4S. The van der Waals surface area contributed by atoms with Crippen LogP contribution in [0.15, 0.2) is 17.1 Å². The van der Waals surface area contributed by atoms with Crippen LogP contribution in [-0.2, 0) is 11.1 Å². The summed E-state index contributed by atoms with van der Waals surface area (Å²) in [6.07, 6.45) is 1.50. The number of hydrogen-bond donors (Lipinski definition) is 2. The van der Waals surface area contributed by atoms with Crippen molar-refractivity contribution in [2.24, 2.45) is 4.99 Å². The first kappa shape index (κ1) is 13.7. The van der Waals surface area contributed by atoms with Gasteiger partial charge in [-0.05, 0) is 18.6 Å². The number of hydrogen-bond acceptors (Lipinski definition) is 4. The molecule has 0 aliphatic heterocycles. The molecule has 0 saturated heterocycles. The Balaban J connectivity index is 2.80. The molecule has 0 aliphatic carbocycles. The van der Waals surface area contributed by atoms with Gasteiger partial charge in [-0.3, -0.25) is 4.99 Å². The molecule has 0 spiro atoms. The van der Waals surface area contributed by atoms with Gasteiger partial charge in [0, 0.05) is 17.8 Å². The maximum absolute atomic E-state index is 10.4. The van der Waals surface area contributed by atoms with Crippen molar-refractivity contribution >= 4 is 17.3 Å². The maximum atomic E-state index is 10.4. The van der Waals surface area contributed by atoms with E-state index in [2.05, 4.69) is 4.99 Å². The van der Waals surface area contributed by atoms with Gasteiger partial charge in [-0.25, -0.2) is 4.21 Å². The van der Waals surface area contributed by atoms with Gasteiger partial charge in [0.2, 0.25) is 0 Å². The Morgan fingerprint density at radius 3 is 2.76 bits per heavy atom. The number of aromatic hydroxyl groups is 1. The Kier molecular flexibility index (Phi) is 5.11. The summed E-state index contributed by atoms with van der Waals surface area (Å²) < 4.78 is 24.0. The van der Waals surface area contributed by atoms with E-state index in [0.717, 1.165) is 5.56 Å². The topological polar surface area (TPSA) is 79.1 Å². The number of methoxy groups -OCH3 is 1. The zero-order valence-corrected chi connectivity index (χ0v) is 10.5. The second kappa shape index (κ2) is 6.36. The van der Waals surface area contributed by atoms with Gasteiger partial charge in [-0.2, -0.15) is 0 Å². The highest BCUT2D eigenvalue weighted by Crippen LogP contribution is 2.25. The normalized spacial score (nSPS) is 12.9. The van der Waals surface area contributed by atoms with E-state index in [1.165, 1.54) is 19.4 Å². The summed E-state index contributed by atoms with van der Waals surface area (Å²) >= 11 is -1.84. The van der Waals surface area contributed by atoms with Crippen LogP contribution in [-0.4, -0.2) is 39.5 Å². The molecule has 5 nitrogen and oxygen atoms in total. The molecule has 0 bridgehead atoms. The number of rotatable bonds is 5. The molecule has 0 amide bonds. The van der Waals surface area contributed by atoms with Gasteiger partial charge >= 0.3 is 0 Å². The predicted octanol–water partition coefficient (Wildman–Crippen LogP) is 1.35. The first-order valence-corrected chi connectivity index (χ1v) is 6.27. The van der Waals surface area contributed by atoms with Crippen molar-refractivity contribution in [2.45, 2.75) is 6.92 Å². The van der Waals surface area contributed by atoms with Gasteiger partial charge < -0.3 is 14.4 Å². The lowest BCUT2D eigenvalue weighted by molar-refractivity contribution is 0.407. The van der Waals surface area contributed by atoms with Gasteiger partial charge in [-0.15, -0.1) is 0 Å². The molecule has 1 rings (SSSR count). The van der Waals surface area contributed by atoms with Gasteiger partial charge in [-0.1, -0.05) is 0 Å². The molecule has 17 heavy (non-hydrogen) atoms. The molecule has 94 valence electrons. The van der Waals surface area contributed by atoms with Crippen LogP contribution < -0.4 is 4.74 Å². The van der Waals surface area contributed by atoms with E-state index in [1.807, 2.05) is 6.92 Å². The molecule has 1 atom stereocenters. The van der Waals surface area contributed by atoms with E-state index in [9.17, 15) is 9.32 Å². The number of phenolic OH excluding ortho intramolecular Hbond substituents is 1. The molecule has 0 aromatic heterocycles. The third-order valence-electron chi connectivity index (χ3n) is 2.19. The SMILES string of the molecule is COc1cc(C)c(C=NCCS(=O)O)c(O)c1. The van der Waals surface area contributed by atoms with E-state index < -0.39 is 11.1 Å². The largest absolute Gasteiger partial charge is 0.507 e. The molecule has 0 saturated carbocycles. The second-order valence-electron chi connectivity index (χ2n) is 3.44. The number of nitrogens with zero attached hydrogens (tertiary/aromatic N) is 1. The summed E-state index contributed by atoms with van der Waals surface area (Å²) in [7, 11) is 1.53. The third-order valence-corrected chi connectivity index (χ3v) is 2.72. The van der Waals surface area contributed by atoms with Crippen LogP contribution in [0.4, 0.5) is 0 Å². The minimum Gasteiger partial charge on any atom is -0.507 e. The Labute approximate surface area is 102 Å². The fourth-order valence-corrected chi connectivity index (χ4v) is 1.58. The molecular weight excluding hydrogens is 242 g/mol. The lowest BCUT2D eigenvalue weighted by Gasteiger charge is -2.06. The summed E-state index contributed by atoms with van der Waals surface area (Å²) in [6.45, 7) is 2.07. The summed E-state index contributed by atoms with van der Waals surface area (Å²) in [5, 5.41) is 9.73. The van der Waals surface area contributed by atoms with Gasteiger partial charge in [0.1, 0.15) is 11.5 Å². The molecule has 6 heteroatoms. The van der Waals surface area contributed by atoms with Crippen LogP contribution in [0, 0.1) is 6.92 Å². The molecule has 0 fully saturated rings. The minimum atomic E-state index is -1.84. The smallest absolute Gasteiger partial charge is 0.154 e. The average molecular weight is 257 g/mol. The van der Waals surface area contributed by atoms with Crippen molar-refractivity contribution in [3.05, 3.63) is 23.3 Å². The zero-order valence-electron chi connectivity index (χ0n) is 9.71. The quantitative estimate of drug-likeness (QED) is 0.616. The van der Waals surface area contributed by atoms with Crippen molar-refractivity contribution in [2.75, 3.05) is 19.4 Å². The first-order valence-electron chi connectivity index (χ1n) is 4.99. The highest BCUT2D eigenvalue weighted by atomic mass is 32.2. The van der Waals surface area contributed by atoms with Crippen molar-refractivity contribution in [3.8, 4) is 11.5 Å². The number of ether oxygens (including phenoxy) is 1. The van der Waals surface area contributed by atoms with E-state index in [-0.39, 0.29) is 18.0 Å². The van der Waals surface area contributed by atoms with Crippen LogP contribution in [0.25, 0.3) is 0 Å². The van der Waals surface area contributed by atoms with Gasteiger partial charge in [0.05, 0.1) is 19.4 Å². The molecule has 1 aromatic rings. The van der Waals surface area contributed by atoms with Crippen molar-refractivity contribution in [3.63, 3.8) is 0 Å². The standard InChI is InChI=1S/C11H15NO4S/c1-8-5-9(16-2)6-11(13)10(8)7-12-3-4-17(14)15/h5-7,13H,3-4H2,1-2H3,(H,14,15). The zero-order chi connectivity index (χ0) is 12.8. The first-order chi connectivity index (χ1) is 8.04. The lowest BCUT2D eigenvalue weighted by Crippen LogP contribution is -1.99. The maximum Gasteiger partial charge on any atom is 0.154 e. The van der Waals surface area contributed by atoms with E-state index >= 15 is 0 Å². The lowest BCUT2D eigenvalue weighted by atomic mass is 10.1. The number of phenols is 1. The van der Waals surface area contributed by atoms with Gasteiger partial charge in [0.25, 0.3) is 0 Å². The Morgan fingerprint density at radius 1 is 1.53 bits per heavy atom.